The molecule has 1 N–H and O–H groups in total. The number of aromatic nitrogens is 1. The maximum Gasteiger partial charge on any atom is 0.416 e. The van der Waals surface area contributed by atoms with Gasteiger partial charge < -0.3 is 9.72 Å². The van der Waals surface area contributed by atoms with Crippen molar-refractivity contribution in [3.05, 3.63) is 45.7 Å². The summed E-state index contributed by atoms with van der Waals surface area (Å²) >= 11 is 0. The van der Waals surface area contributed by atoms with Gasteiger partial charge in [-0.05, 0) is 24.6 Å². The molecule has 6 heteroatoms. The van der Waals surface area contributed by atoms with Crippen molar-refractivity contribution in [2.45, 2.75) is 39.0 Å². The summed E-state index contributed by atoms with van der Waals surface area (Å²) in [7, 11) is 0. The molecule has 2 aromatic rings. The van der Waals surface area contributed by atoms with Crippen LogP contribution in [0, 0.1) is 0 Å². The third-order valence-corrected chi connectivity index (χ3v) is 3.36. The molecule has 0 unspecified atom stereocenters. The molecule has 1 aromatic heterocycles. The topological polar surface area (TPSA) is 42.1 Å². The molecule has 0 spiro atoms. The molecule has 22 heavy (non-hydrogen) atoms. The van der Waals surface area contributed by atoms with Crippen molar-refractivity contribution in [2.24, 2.45) is 0 Å². The Morgan fingerprint density at radius 3 is 2.64 bits per heavy atom. The van der Waals surface area contributed by atoms with Crippen LogP contribution in [0.25, 0.3) is 10.9 Å². The number of ether oxygens (including phenoxy) is 1. The Labute approximate surface area is 126 Å². The van der Waals surface area contributed by atoms with Crippen LogP contribution in [0.5, 0.6) is 0 Å². The van der Waals surface area contributed by atoms with Crippen LogP contribution in [0.4, 0.5) is 13.2 Å². The fourth-order valence-corrected chi connectivity index (χ4v) is 2.19. The predicted molar refractivity (Wildman–Crippen MR) is 78.8 cm³/mol. The van der Waals surface area contributed by atoms with Crippen molar-refractivity contribution >= 4 is 10.9 Å². The van der Waals surface area contributed by atoms with E-state index >= 15 is 0 Å². The maximum atomic E-state index is 12.7. The van der Waals surface area contributed by atoms with Gasteiger partial charge in [0.25, 0.3) is 0 Å². The van der Waals surface area contributed by atoms with E-state index in [1.807, 2.05) is 0 Å². The molecule has 2 rings (SSSR count). The van der Waals surface area contributed by atoms with Gasteiger partial charge in [-0.3, -0.25) is 4.79 Å². The van der Waals surface area contributed by atoms with Crippen molar-refractivity contribution in [2.75, 3.05) is 6.61 Å². The lowest BCUT2D eigenvalue weighted by atomic mass is 10.1. The molecule has 0 aliphatic carbocycles. The van der Waals surface area contributed by atoms with Crippen molar-refractivity contribution in [1.29, 1.82) is 0 Å². The molecule has 1 heterocycles. The van der Waals surface area contributed by atoms with Crippen LogP contribution in [0.2, 0.25) is 0 Å². The van der Waals surface area contributed by atoms with Crippen molar-refractivity contribution < 1.29 is 17.9 Å². The number of rotatable bonds is 6. The van der Waals surface area contributed by atoms with Gasteiger partial charge in [0.15, 0.2) is 5.43 Å². The lowest BCUT2D eigenvalue weighted by Crippen LogP contribution is -2.10. The second-order valence-electron chi connectivity index (χ2n) is 5.18. The lowest BCUT2D eigenvalue weighted by molar-refractivity contribution is -0.137. The first-order valence-electron chi connectivity index (χ1n) is 7.22. The number of hydrogen-bond donors (Lipinski definition) is 1. The molecule has 1 aromatic carbocycles. The van der Waals surface area contributed by atoms with Gasteiger partial charge in [0, 0.05) is 29.3 Å². The van der Waals surface area contributed by atoms with Gasteiger partial charge in [0.2, 0.25) is 0 Å². The number of pyridine rings is 1. The maximum absolute atomic E-state index is 12.7. The van der Waals surface area contributed by atoms with E-state index in [9.17, 15) is 18.0 Å². The molecular formula is C16H18F3NO2. The number of nitrogens with one attached hydrogen (secondary N) is 1. The molecule has 0 saturated heterocycles. The number of H-pyrrole nitrogens is 1. The minimum Gasteiger partial charge on any atom is -0.375 e. The second kappa shape index (κ2) is 6.96. The SMILES string of the molecule is CCCCCOCc1cc(=O)c2cc(C(F)(F)F)ccc2[nH]1. The lowest BCUT2D eigenvalue weighted by Gasteiger charge is -2.09. The van der Waals surface area contributed by atoms with E-state index in [0.717, 1.165) is 31.4 Å². The fourth-order valence-electron chi connectivity index (χ4n) is 2.19. The number of halogens is 3. The summed E-state index contributed by atoms with van der Waals surface area (Å²) in [5, 5.41) is 0.0320. The molecule has 0 radical (unpaired) electrons. The Hall–Kier alpha value is -1.82. The van der Waals surface area contributed by atoms with Crippen LogP contribution in [0.3, 0.4) is 0 Å². The number of hydrogen-bond acceptors (Lipinski definition) is 2. The summed E-state index contributed by atoms with van der Waals surface area (Å²) in [4.78, 5) is 14.9. The van der Waals surface area contributed by atoms with Gasteiger partial charge in [0.05, 0.1) is 12.2 Å². The summed E-state index contributed by atoms with van der Waals surface area (Å²) < 4.78 is 43.4. The Balaban J connectivity index is 2.18. The first kappa shape index (κ1) is 16.5. The van der Waals surface area contributed by atoms with Gasteiger partial charge in [-0.25, -0.2) is 0 Å². The smallest absolute Gasteiger partial charge is 0.375 e. The first-order chi connectivity index (χ1) is 10.4. The van der Waals surface area contributed by atoms with Crippen LogP contribution in [0.15, 0.2) is 29.1 Å². The van der Waals surface area contributed by atoms with E-state index in [0.29, 0.717) is 17.8 Å². The van der Waals surface area contributed by atoms with Crippen molar-refractivity contribution in [3.63, 3.8) is 0 Å². The largest absolute Gasteiger partial charge is 0.416 e. The normalized spacial score (nSPS) is 12.0. The van der Waals surface area contributed by atoms with Crippen LogP contribution in [0.1, 0.15) is 37.4 Å². The third-order valence-electron chi connectivity index (χ3n) is 3.36. The Bertz CT molecular complexity index is 692. The minimum atomic E-state index is -4.46. The fraction of sp³-hybridized carbons (Fsp3) is 0.438. The van der Waals surface area contributed by atoms with Gasteiger partial charge in [0.1, 0.15) is 0 Å². The van der Waals surface area contributed by atoms with Gasteiger partial charge in [-0.15, -0.1) is 0 Å². The number of alkyl halides is 3. The molecule has 0 saturated carbocycles. The Morgan fingerprint density at radius 1 is 1.18 bits per heavy atom. The number of unbranched alkanes of at least 4 members (excludes halogenated alkanes) is 2. The zero-order valence-corrected chi connectivity index (χ0v) is 12.3. The van der Waals surface area contributed by atoms with E-state index in [-0.39, 0.29) is 12.0 Å². The number of benzene rings is 1. The summed E-state index contributed by atoms with van der Waals surface area (Å²) in [5.41, 5.74) is -0.317. The molecule has 0 fully saturated rings. The van der Waals surface area contributed by atoms with E-state index in [1.165, 1.54) is 12.1 Å². The number of fused-ring (bicyclic) bond motifs is 1. The van der Waals surface area contributed by atoms with Gasteiger partial charge in [-0.1, -0.05) is 19.8 Å². The van der Waals surface area contributed by atoms with Gasteiger partial charge >= 0.3 is 6.18 Å². The summed E-state index contributed by atoms with van der Waals surface area (Å²) in [6.07, 6.45) is -1.34. The molecular weight excluding hydrogens is 295 g/mol. The predicted octanol–water partition coefficient (Wildman–Crippen LogP) is 4.25. The Morgan fingerprint density at radius 2 is 1.95 bits per heavy atom. The Kier molecular flexibility index (Phi) is 5.24. The van der Waals surface area contributed by atoms with Crippen LogP contribution < -0.4 is 5.43 Å². The molecule has 0 aliphatic rings. The highest BCUT2D eigenvalue weighted by Crippen LogP contribution is 2.30. The monoisotopic (exact) mass is 313 g/mol. The average molecular weight is 313 g/mol. The molecule has 0 bridgehead atoms. The minimum absolute atomic E-state index is 0.0320. The third kappa shape index (κ3) is 4.10. The van der Waals surface area contributed by atoms with Crippen LogP contribution in [-0.4, -0.2) is 11.6 Å². The van der Waals surface area contributed by atoms with E-state index in [2.05, 4.69) is 11.9 Å². The molecule has 0 atom stereocenters. The van der Waals surface area contributed by atoms with Gasteiger partial charge in [-0.2, -0.15) is 13.2 Å². The van der Waals surface area contributed by atoms with E-state index in [4.69, 9.17) is 4.74 Å². The quantitative estimate of drug-likeness (QED) is 0.810. The molecule has 3 nitrogen and oxygen atoms in total. The molecule has 0 aliphatic heterocycles. The standard InChI is InChI=1S/C16H18F3NO2/c1-2-3-4-7-22-10-12-9-15(21)13-8-11(16(17,18)19)5-6-14(13)20-12/h5-6,8-9H,2-4,7,10H2,1H3,(H,20,21). The highest BCUT2D eigenvalue weighted by atomic mass is 19.4. The summed E-state index contributed by atoms with van der Waals surface area (Å²) in [6, 6.07) is 4.41. The molecule has 0 amide bonds. The molecule has 120 valence electrons. The second-order valence-corrected chi connectivity index (χ2v) is 5.18. The average Bonchev–Trinajstić information content (AvgIpc) is 2.46. The zero-order valence-electron chi connectivity index (χ0n) is 12.3. The van der Waals surface area contributed by atoms with Crippen molar-refractivity contribution in [1.82, 2.24) is 4.98 Å². The highest BCUT2D eigenvalue weighted by Gasteiger charge is 2.30. The van der Waals surface area contributed by atoms with Crippen LogP contribution in [-0.2, 0) is 17.5 Å². The van der Waals surface area contributed by atoms with E-state index in [1.54, 1.807) is 0 Å². The summed E-state index contributed by atoms with van der Waals surface area (Å²) in [6.45, 7) is 2.94. The van der Waals surface area contributed by atoms with Crippen molar-refractivity contribution in [3.8, 4) is 0 Å². The van der Waals surface area contributed by atoms with Crippen LogP contribution >= 0.6 is 0 Å². The first-order valence-corrected chi connectivity index (χ1v) is 7.22. The number of aromatic amines is 1. The summed E-state index contributed by atoms with van der Waals surface area (Å²) in [5.74, 6) is 0. The zero-order chi connectivity index (χ0) is 16.2. The van der Waals surface area contributed by atoms with E-state index < -0.39 is 17.2 Å². The highest BCUT2D eigenvalue weighted by molar-refractivity contribution is 5.79.